The van der Waals surface area contributed by atoms with Gasteiger partial charge in [-0.3, -0.25) is 4.68 Å². The lowest BCUT2D eigenvalue weighted by molar-refractivity contribution is 0.967. The minimum Gasteiger partial charge on any atom is -0.368 e. The molecule has 0 fully saturated rings. The van der Waals surface area contributed by atoms with Crippen molar-refractivity contribution >= 4 is 5.95 Å². The molecule has 0 unspecified atom stereocenters. The van der Waals surface area contributed by atoms with Crippen LogP contribution in [0.1, 0.15) is 0 Å². The number of anilines is 1. The minimum atomic E-state index is 0.255. The zero-order valence-electron chi connectivity index (χ0n) is 5.73. The molecule has 5 nitrogen and oxygen atoms in total. The molecule has 2 aliphatic heterocycles. The number of nitrogen functional groups attached to an aromatic ring is 2. The molecule has 4 N–H and O–H groups in total. The summed E-state index contributed by atoms with van der Waals surface area (Å²) in [5, 5.41) is 0. The lowest BCUT2D eigenvalue weighted by atomic mass is 10.3. The first-order valence-corrected chi connectivity index (χ1v) is 3.13. The summed E-state index contributed by atoms with van der Waals surface area (Å²) in [7, 11) is 0. The van der Waals surface area contributed by atoms with E-state index in [0.717, 1.165) is 0 Å². The van der Waals surface area contributed by atoms with E-state index in [9.17, 15) is 0 Å². The Balaban J connectivity index is 2.78. The highest BCUT2D eigenvalue weighted by Crippen LogP contribution is 2.16. The van der Waals surface area contributed by atoms with Crippen molar-refractivity contribution in [3.8, 4) is 11.5 Å². The van der Waals surface area contributed by atoms with Gasteiger partial charge in [0.25, 0.3) is 0 Å². The van der Waals surface area contributed by atoms with Gasteiger partial charge in [0, 0.05) is 6.20 Å². The molecule has 0 radical (unpaired) electrons. The molecule has 2 aliphatic rings. The van der Waals surface area contributed by atoms with E-state index < -0.39 is 0 Å². The fourth-order valence-corrected chi connectivity index (χ4v) is 0.964. The van der Waals surface area contributed by atoms with Crippen LogP contribution in [0.4, 0.5) is 5.95 Å². The van der Waals surface area contributed by atoms with Crippen molar-refractivity contribution in [1.82, 2.24) is 14.6 Å². The molecule has 0 saturated heterocycles. The number of fused-ring (bicyclic) bond motifs is 1. The van der Waals surface area contributed by atoms with Crippen LogP contribution in [0.5, 0.6) is 0 Å². The van der Waals surface area contributed by atoms with Gasteiger partial charge in [0.1, 0.15) is 5.69 Å². The molecule has 0 atom stereocenters. The smallest absolute Gasteiger partial charge is 0.222 e. The van der Waals surface area contributed by atoms with E-state index in [1.165, 1.54) is 4.68 Å². The topological polar surface area (TPSA) is 82.8 Å². The van der Waals surface area contributed by atoms with Crippen LogP contribution in [0, 0.1) is 0 Å². The number of hydrogen-bond acceptors (Lipinski definition) is 4. The predicted octanol–water partition coefficient (Wildman–Crippen LogP) is -0.321. The zero-order valence-corrected chi connectivity index (χ0v) is 5.73. The van der Waals surface area contributed by atoms with Crippen molar-refractivity contribution in [3.05, 3.63) is 18.3 Å². The van der Waals surface area contributed by atoms with E-state index in [4.69, 9.17) is 11.6 Å². The van der Waals surface area contributed by atoms with Gasteiger partial charge in [0.15, 0.2) is 5.82 Å². The maximum atomic E-state index is 5.53. The lowest BCUT2D eigenvalue weighted by Gasteiger charge is -2.00. The molecule has 0 aromatic carbocycles. The van der Waals surface area contributed by atoms with Crippen LogP contribution in [-0.2, 0) is 0 Å². The van der Waals surface area contributed by atoms with E-state index >= 15 is 0 Å². The average Bonchev–Trinajstić information content (AvgIpc) is 2.31. The molecular weight excluding hydrogens is 142 g/mol. The van der Waals surface area contributed by atoms with Crippen LogP contribution in [0.3, 0.4) is 0 Å². The fraction of sp³-hybridized carbons (Fsp3) is 0. The SMILES string of the molecule is Nc1nc2cccn(N)c-2n1. The second-order valence-corrected chi connectivity index (χ2v) is 2.21. The highest BCUT2D eigenvalue weighted by molar-refractivity contribution is 5.55. The normalized spacial score (nSPS) is 10.5. The van der Waals surface area contributed by atoms with Gasteiger partial charge in [-0.2, -0.15) is 4.98 Å². The van der Waals surface area contributed by atoms with Crippen LogP contribution < -0.4 is 11.6 Å². The summed E-state index contributed by atoms with van der Waals surface area (Å²) in [4.78, 5) is 7.86. The Labute approximate surface area is 63.0 Å². The van der Waals surface area contributed by atoms with Crippen molar-refractivity contribution in [3.63, 3.8) is 0 Å². The Morgan fingerprint density at radius 2 is 2.18 bits per heavy atom. The summed E-state index contributed by atoms with van der Waals surface area (Å²) in [5.41, 5.74) is 6.08. The largest absolute Gasteiger partial charge is 0.368 e. The summed E-state index contributed by atoms with van der Waals surface area (Å²) in [5.74, 6) is 6.39. The van der Waals surface area contributed by atoms with Crippen LogP contribution >= 0.6 is 0 Å². The first-order valence-electron chi connectivity index (χ1n) is 3.13. The van der Waals surface area contributed by atoms with Crippen LogP contribution in [-0.4, -0.2) is 14.6 Å². The van der Waals surface area contributed by atoms with Gasteiger partial charge >= 0.3 is 0 Å². The third-order valence-corrected chi connectivity index (χ3v) is 1.43. The Bertz CT molecular complexity index is 352. The summed E-state index contributed by atoms with van der Waals surface area (Å²) in [6.45, 7) is 0. The Kier molecular flexibility index (Phi) is 1.00. The van der Waals surface area contributed by atoms with E-state index in [1.807, 2.05) is 6.07 Å². The van der Waals surface area contributed by atoms with Crippen molar-refractivity contribution in [2.75, 3.05) is 11.6 Å². The number of nitrogens with zero attached hydrogens (tertiary/aromatic N) is 3. The van der Waals surface area contributed by atoms with Crippen molar-refractivity contribution in [1.29, 1.82) is 0 Å². The van der Waals surface area contributed by atoms with Gasteiger partial charge in [-0.1, -0.05) is 0 Å². The molecule has 2 rings (SSSR count). The van der Waals surface area contributed by atoms with E-state index in [2.05, 4.69) is 9.97 Å². The number of rotatable bonds is 0. The molecule has 11 heavy (non-hydrogen) atoms. The van der Waals surface area contributed by atoms with Crippen molar-refractivity contribution < 1.29 is 0 Å². The molecule has 0 saturated carbocycles. The first kappa shape index (κ1) is 5.96. The third kappa shape index (κ3) is 0.778. The lowest BCUT2D eigenvalue weighted by Crippen LogP contribution is -2.11. The maximum absolute atomic E-state index is 5.53. The summed E-state index contributed by atoms with van der Waals surface area (Å²) in [6, 6.07) is 3.60. The molecule has 5 heteroatoms. The average molecular weight is 149 g/mol. The highest BCUT2D eigenvalue weighted by Gasteiger charge is 2.09. The number of hydrogen-bond donors (Lipinski definition) is 2. The molecule has 56 valence electrons. The van der Waals surface area contributed by atoms with Crippen LogP contribution in [0.15, 0.2) is 18.3 Å². The maximum Gasteiger partial charge on any atom is 0.222 e. The Hall–Kier alpha value is -1.78. The first-order chi connectivity index (χ1) is 5.27. The second kappa shape index (κ2) is 1.85. The van der Waals surface area contributed by atoms with E-state index in [1.54, 1.807) is 12.3 Å². The van der Waals surface area contributed by atoms with Crippen LogP contribution in [0.2, 0.25) is 0 Å². The third-order valence-electron chi connectivity index (χ3n) is 1.43. The van der Waals surface area contributed by atoms with Crippen molar-refractivity contribution in [2.24, 2.45) is 0 Å². The minimum absolute atomic E-state index is 0.255. The second-order valence-electron chi connectivity index (χ2n) is 2.21. The Morgan fingerprint density at radius 3 is 2.91 bits per heavy atom. The van der Waals surface area contributed by atoms with Gasteiger partial charge in [-0.05, 0) is 12.1 Å². The molecular formula is C6H7N5. The molecule has 0 aromatic rings. The number of pyridine rings is 1. The van der Waals surface area contributed by atoms with E-state index in [0.29, 0.717) is 11.5 Å². The van der Waals surface area contributed by atoms with E-state index in [-0.39, 0.29) is 5.95 Å². The number of nitrogens with two attached hydrogens (primary N) is 2. The molecule has 2 heterocycles. The van der Waals surface area contributed by atoms with Gasteiger partial charge in [0.05, 0.1) is 0 Å². The summed E-state index contributed by atoms with van der Waals surface area (Å²) < 4.78 is 1.39. The van der Waals surface area contributed by atoms with Crippen molar-refractivity contribution in [2.45, 2.75) is 0 Å². The fourth-order valence-electron chi connectivity index (χ4n) is 0.964. The standard InChI is InChI=1S/C6H7N5/c7-6-9-4-2-1-3-11(8)5(4)10-6/h1-3H,8H2,(H2,7,9). The van der Waals surface area contributed by atoms with Gasteiger partial charge in [-0.15, -0.1) is 0 Å². The molecule has 0 amide bonds. The van der Waals surface area contributed by atoms with Gasteiger partial charge in [0.2, 0.25) is 5.95 Å². The zero-order chi connectivity index (χ0) is 7.84. The predicted molar refractivity (Wildman–Crippen MR) is 41.2 cm³/mol. The van der Waals surface area contributed by atoms with Gasteiger partial charge < -0.3 is 11.6 Å². The number of imidazole rings is 1. The summed E-state index contributed by atoms with van der Waals surface area (Å²) >= 11 is 0. The Morgan fingerprint density at radius 1 is 1.36 bits per heavy atom. The quantitative estimate of drug-likeness (QED) is 0.503. The monoisotopic (exact) mass is 149 g/mol. The summed E-state index contributed by atoms with van der Waals surface area (Å²) in [6.07, 6.45) is 1.69. The van der Waals surface area contributed by atoms with Gasteiger partial charge in [-0.25, -0.2) is 4.98 Å². The molecule has 0 spiro atoms. The highest BCUT2D eigenvalue weighted by atomic mass is 15.3. The number of aromatic nitrogens is 3. The molecule has 0 aliphatic carbocycles. The molecule has 0 aromatic heterocycles. The van der Waals surface area contributed by atoms with Crippen LogP contribution in [0.25, 0.3) is 11.5 Å². The molecule has 0 bridgehead atoms.